The second-order valence-electron chi connectivity index (χ2n) is 5.57. The van der Waals surface area contributed by atoms with E-state index in [1.807, 2.05) is 38.1 Å². The van der Waals surface area contributed by atoms with Crippen LogP contribution < -0.4 is 5.48 Å². The van der Waals surface area contributed by atoms with Gasteiger partial charge < -0.3 is 0 Å². The zero-order chi connectivity index (χ0) is 16.0. The first-order chi connectivity index (χ1) is 10.4. The molecule has 1 fully saturated rings. The monoisotopic (exact) mass is 307 g/mol. The quantitative estimate of drug-likeness (QED) is 0.898. The van der Waals surface area contributed by atoms with Crippen LogP contribution in [0.1, 0.15) is 29.2 Å². The third-order valence-electron chi connectivity index (χ3n) is 4.17. The number of nitrogens with one attached hydrogen (secondary N) is 1. The minimum Gasteiger partial charge on any atom is -0.283 e. The Morgan fingerprint density at radius 3 is 2.36 bits per heavy atom. The van der Waals surface area contributed by atoms with Crippen LogP contribution in [0.25, 0.3) is 0 Å². The average Bonchev–Trinajstić information content (AvgIpc) is 2.48. The Morgan fingerprint density at radius 1 is 1.09 bits per heavy atom. The summed E-state index contributed by atoms with van der Waals surface area (Å²) in [5, 5.41) is 0. The third-order valence-corrected chi connectivity index (χ3v) is 4.17. The lowest BCUT2D eigenvalue weighted by molar-refractivity contribution is -0.226. The van der Waals surface area contributed by atoms with Crippen LogP contribution in [0, 0.1) is 6.92 Å². The molecule has 2 nitrogen and oxygen atoms in total. The fourth-order valence-corrected chi connectivity index (χ4v) is 2.96. The molecule has 2 aromatic rings. The van der Waals surface area contributed by atoms with Crippen LogP contribution in [0.15, 0.2) is 48.5 Å². The molecule has 0 bridgehead atoms. The molecule has 0 saturated carbocycles. The highest BCUT2D eigenvalue weighted by atomic mass is 19.4. The Labute approximate surface area is 126 Å². The highest BCUT2D eigenvalue weighted by molar-refractivity contribution is 5.45. The van der Waals surface area contributed by atoms with Gasteiger partial charge in [0.05, 0.1) is 11.6 Å². The zero-order valence-electron chi connectivity index (χ0n) is 12.2. The second-order valence-corrected chi connectivity index (χ2v) is 5.57. The third kappa shape index (κ3) is 2.21. The summed E-state index contributed by atoms with van der Waals surface area (Å²) < 4.78 is 39.0. The summed E-state index contributed by atoms with van der Waals surface area (Å²) in [6, 6.07) is 12.8. The number of hydroxylamine groups is 1. The Kier molecular flexibility index (Phi) is 3.50. The summed E-state index contributed by atoms with van der Waals surface area (Å²) in [6.45, 7) is 3.83. The van der Waals surface area contributed by atoms with Crippen LogP contribution in [0.2, 0.25) is 0 Å². The predicted molar refractivity (Wildman–Crippen MR) is 77.1 cm³/mol. The summed E-state index contributed by atoms with van der Waals surface area (Å²) in [7, 11) is 0. The van der Waals surface area contributed by atoms with E-state index in [0.29, 0.717) is 5.56 Å². The number of hydrogen-bond acceptors (Lipinski definition) is 2. The molecule has 2 atom stereocenters. The van der Waals surface area contributed by atoms with Crippen LogP contribution in [0.5, 0.6) is 0 Å². The molecule has 1 saturated heterocycles. The van der Waals surface area contributed by atoms with E-state index in [4.69, 9.17) is 4.84 Å². The molecule has 116 valence electrons. The van der Waals surface area contributed by atoms with E-state index in [-0.39, 0.29) is 6.04 Å². The molecule has 22 heavy (non-hydrogen) atoms. The fraction of sp³-hybridized carbons (Fsp3) is 0.294. The molecular formula is C17H16F3NO. The maximum Gasteiger partial charge on any atom is 0.416 e. The second kappa shape index (κ2) is 5.11. The Balaban J connectivity index is 2.16. The van der Waals surface area contributed by atoms with Crippen molar-refractivity contribution in [1.82, 2.24) is 5.48 Å². The Morgan fingerprint density at radius 2 is 1.82 bits per heavy atom. The molecular weight excluding hydrogens is 291 g/mol. The van der Waals surface area contributed by atoms with Gasteiger partial charge in [0.25, 0.3) is 0 Å². The van der Waals surface area contributed by atoms with Crippen LogP contribution in [0.4, 0.5) is 13.2 Å². The van der Waals surface area contributed by atoms with E-state index in [9.17, 15) is 13.2 Å². The van der Waals surface area contributed by atoms with Gasteiger partial charge in [0, 0.05) is 0 Å². The van der Waals surface area contributed by atoms with Crippen molar-refractivity contribution in [3.63, 3.8) is 0 Å². The van der Waals surface area contributed by atoms with Crippen molar-refractivity contribution >= 4 is 0 Å². The van der Waals surface area contributed by atoms with Gasteiger partial charge in [-0.1, -0.05) is 36.4 Å². The molecule has 3 rings (SSSR count). The molecule has 1 N–H and O–H groups in total. The SMILES string of the molecule is Cc1ccccc1C1(c2cccc(C(F)(F)F)c2)ONC1C. The molecule has 0 aromatic heterocycles. The van der Waals surface area contributed by atoms with E-state index >= 15 is 0 Å². The summed E-state index contributed by atoms with van der Waals surface area (Å²) in [6.07, 6.45) is -4.37. The largest absolute Gasteiger partial charge is 0.416 e. The Bertz CT molecular complexity index is 698. The lowest BCUT2D eigenvalue weighted by Crippen LogP contribution is -2.62. The van der Waals surface area contributed by atoms with E-state index in [2.05, 4.69) is 5.48 Å². The number of halogens is 3. The maximum absolute atomic E-state index is 13.0. The highest BCUT2D eigenvalue weighted by Gasteiger charge is 2.50. The lowest BCUT2D eigenvalue weighted by atomic mass is 9.77. The first kappa shape index (κ1) is 15.1. The number of aryl methyl sites for hydroxylation is 1. The van der Waals surface area contributed by atoms with E-state index in [1.165, 1.54) is 12.1 Å². The van der Waals surface area contributed by atoms with E-state index in [0.717, 1.165) is 17.2 Å². The predicted octanol–water partition coefficient (Wildman–Crippen LogP) is 4.18. The first-order valence-corrected chi connectivity index (χ1v) is 7.03. The van der Waals surface area contributed by atoms with Gasteiger partial charge in [-0.2, -0.15) is 18.7 Å². The van der Waals surface area contributed by atoms with Crippen molar-refractivity contribution in [2.24, 2.45) is 0 Å². The molecule has 1 aliphatic rings. The van der Waals surface area contributed by atoms with Gasteiger partial charge in [-0.25, -0.2) is 0 Å². The average molecular weight is 307 g/mol. The number of alkyl halides is 3. The van der Waals surface area contributed by atoms with Gasteiger partial charge >= 0.3 is 6.18 Å². The van der Waals surface area contributed by atoms with Gasteiger partial charge in [0.1, 0.15) is 0 Å². The van der Waals surface area contributed by atoms with Gasteiger partial charge in [-0.3, -0.25) is 4.84 Å². The van der Waals surface area contributed by atoms with Gasteiger partial charge in [-0.05, 0) is 42.7 Å². The van der Waals surface area contributed by atoms with Crippen molar-refractivity contribution in [2.75, 3.05) is 0 Å². The molecule has 0 aliphatic carbocycles. The van der Waals surface area contributed by atoms with Crippen molar-refractivity contribution in [3.05, 3.63) is 70.8 Å². The normalized spacial score (nSPS) is 24.9. The minimum atomic E-state index is -4.37. The molecule has 1 heterocycles. The molecule has 5 heteroatoms. The molecule has 2 aromatic carbocycles. The van der Waals surface area contributed by atoms with Crippen LogP contribution in [0.3, 0.4) is 0 Å². The van der Waals surface area contributed by atoms with Gasteiger partial charge in [0.2, 0.25) is 0 Å². The lowest BCUT2D eigenvalue weighted by Gasteiger charge is -2.49. The zero-order valence-corrected chi connectivity index (χ0v) is 12.2. The van der Waals surface area contributed by atoms with Crippen molar-refractivity contribution in [3.8, 4) is 0 Å². The Hall–Kier alpha value is -1.85. The van der Waals surface area contributed by atoms with Crippen LogP contribution in [-0.2, 0) is 16.6 Å². The summed E-state index contributed by atoms with van der Waals surface area (Å²) in [4.78, 5) is 5.63. The number of benzene rings is 2. The molecule has 2 unspecified atom stereocenters. The highest BCUT2D eigenvalue weighted by Crippen LogP contribution is 2.44. The van der Waals surface area contributed by atoms with Crippen molar-refractivity contribution in [1.29, 1.82) is 0 Å². The minimum absolute atomic E-state index is 0.128. The standard InChI is InChI=1S/C17H16F3NO/c1-11-6-3-4-9-15(11)16(12(2)21-22-16)13-7-5-8-14(10-13)17(18,19)20/h3-10,12,21H,1-2H3. The molecule has 0 spiro atoms. The summed E-state index contributed by atoms with van der Waals surface area (Å²) in [5.41, 5.74) is 3.60. The summed E-state index contributed by atoms with van der Waals surface area (Å²) >= 11 is 0. The van der Waals surface area contributed by atoms with Crippen LogP contribution in [-0.4, -0.2) is 6.04 Å². The topological polar surface area (TPSA) is 21.3 Å². The summed E-state index contributed by atoms with van der Waals surface area (Å²) in [5.74, 6) is 0. The van der Waals surface area contributed by atoms with Crippen molar-refractivity contribution in [2.45, 2.75) is 31.7 Å². The molecule has 1 aliphatic heterocycles. The number of rotatable bonds is 2. The first-order valence-electron chi connectivity index (χ1n) is 7.03. The van der Waals surface area contributed by atoms with Gasteiger partial charge in [0.15, 0.2) is 5.60 Å². The van der Waals surface area contributed by atoms with Crippen LogP contribution >= 0.6 is 0 Å². The fourth-order valence-electron chi connectivity index (χ4n) is 2.96. The van der Waals surface area contributed by atoms with E-state index < -0.39 is 17.3 Å². The van der Waals surface area contributed by atoms with E-state index in [1.54, 1.807) is 6.07 Å². The maximum atomic E-state index is 13.0. The molecule has 0 amide bonds. The number of hydrogen-bond donors (Lipinski definition) is 1. The van der Waals surface area contributed by atoms with Gasteiger partial charge in [-0.15, -0.1) is 0 Å². The smallest absolute Gasteiger partial charge is 0.283 e. The molecule has 0 radical (unpaired) electrons. The van der Waals surface area contributed by atoms with Crippen molar-refractivity contribution < 1.29 is 18.0 Å².